The lowest BCUT2D eigenvalue weighted by molar-refractivity contribution is 0.0802. The van der Waals surface area contributed by atoms with E-state index < -0.39 is 0 Å². The maximum absolute atomic E-state index is 13.0. The number of hydrogen-bond donors (Lipinski definition) is 0. The molecular weight excluding hydrogens is 386 g/mol. The highest BCUT2D eigenvalue weighted by Gasteiger charge is 2.26. The van der Waals surface area contributed by atoms with Crippen molar-refractivity contribution in [2.75, 3.05) is 49.6 Å². The van der Waals surface area contributed by atoms with Crippen LogP contribution in [0, 0.1) is 6.92 Å². The van der Waals surface area contributed by atoms with Gasteiger partial charge in [-0.15, -0.1) is 0 Å². The zero-order chi connectivity index (χ0) is 21.8. The Labute approximate surface area is 184 Å². The number of rotatable bonds is 5. The molecule has 0 aliphatic carbocycles. The number of carbonyl (C=O) groups excluding carboxylic acids is 1. The van der Waals surface area contributed by atoms with Crippen LogP contribution in [0.15, 0.2) is 60.8 Å². The molecule has 0 saturated carbocycles. The summed E-state index contributed by atoms with van der Waals surface area (Å²) in [7, 11) is 1.81. The topological polar surface area (TPSA) is 52.6 Å². The van der Waals surface area contributed by atoms with Crippen molar-refractivity contribution in [3.05, 3.63) is 71.9 Å². The van der Waals surface area contributed by atoms with E-state index in [1.54, 1.807) is 11.1 Å². The number of para-hydroxylation sites is 1. The van der Waals surface area contributed by atoms with Gasteiger partial charge in [0.15, 0.2) is 5.82 Å². The number of aryl methyl sites for hydroxylation is 1. The Morgan fingerprint density at radius 3 is 2.29 bits per heavy atom. The van der Waals surface area contributed by atoms with Crippen LogP contribution in [0.25, 0.3) is 11.4 Å². The average molecular weight is 416 g/mol. The lowest BCUT2D eigenvalue weighted by Crippen LogP contribution is -2.47. The van der Waals surface area contributed by atoms with Crippen LogP contribution in [0.3, 0.4) is 0 Å². The van der Waals surface area contributed by atoms with E-state index in [0.29, 0.717) is 17.9 Å². The first kappa shape index (κ1) is 20.8. The van der Waals surface area contributed by atoms with Gasteiger partial charge in [0.05, 0.1) is 0 Å². The number of hydrogen-bond acceptors (Lipinski definition) is 5. The van der Waals surface area contributed by atoms with Crippen LogP contribution >= 0.6 is 0 Å². The molecule has 0 radical (unpaired) electrons. The van der Waals surface area contributed by atoms with Crippen LogP contribution in [0.2, 0.25) is 0 Å². The standard InChI is InChI=1S/C25H29N5O/c1-4-28(3)25(31)21-18-26-23(20-11-6-5-7-12-20)27-24(21)30-16-14-29(15-17-30)22-13-9-8-10-19(22)2/h5-13,18H,4,14-17H2,1-3H3. The van der Waals surface area contributed by atoms with Crippen molar-refractivity contribution in [2.45, 2.75) is 13.8 Å². The summed E-state index contributed by atoms with van der Waals surface area (Å²) in [6.45, 7) is 8.12. The Bertz CT molecular complexity index is 1040. The Morgan fingerprint density at radius 1 is 0.968 bits per heavy atom. The molecular formula is C25H29N5O. The average Bonchev–Trinajstić information content (AvgIpc) is 2.84. The van der Waals surface area contributed by atoms with Gasteiger partial charge in [0.25, 0.3) is 5.91 Å². The molecule has 2 heterocycles. The monoisotopic (exact) mass is 415 g/mol. The lowest BCUT2D eigenvalue weighted by Gasteiger charge is -2.38. The van der Waals surface area contributed by atoms with Gasteiger partial charge in [-0.2, -0.15) is 0 Å². The fourth-order valence-corrected chi connectivity index (χ4v) is 3.92. The van der Waals surface area contributed by atoms with E-state index in [4.69, 9.17) is 4.98 Å². The molecule has 6 heteroatoms. The molecule has 1 saturated heterocycles. The van der Waals surface area contributed by atoms with Crippen LogP contribution in [-0.4, -0.2) is 60.5 Å². The van der Waals surface area contributed by atoms with Crippen LogP contribution < -0.4 is 9.80 Å². The molecule has 6 nitrogen and oxygen atoms in total. The van der Waals surface area contributed by atoms with Gasteiger partial charge in [-0.25, -0.2) is 9.97 Å². The molecule has 1 fully saturated rings. The molecule has 4 rings (SSSR count). The number of aromatic nitrogens is 2. The molecule has 0 atom stereocenters. The lowest BCUT2D eigenvalue weighted by atomic mass is 10.1. The molecule has 0 N–H and O–H groups in total. The first-order valence-corrected chi connectivity index (χ1v) is 10.8. The van der Waals surface area contributed by atoms with Gasteiger partial charge in [-0.1, -0.05) is 48.5 Å². The summed E-state index contributed by atoms with van der Waals surface area (Å²) in [6, 6.07) is 18.4. The van der Waals surface area contributed by atoms with E-state index in [1.165, 1.54) is 11.3 Å². The number of benzene rings is 2. The molecule has 1 aromatic heterocycles. The van der Waals surface area contributed by atoms with E-state index in [2.05, 4.69) is 46.0 Å². The van der Waals surface area contributed by atoms with Gasteiger partial charge in [0, 0.05) is 57.2 Å². The molecule has 3 aromatic rings. The van der Waals surface area contributed by atoms with Gasteiger partial charge in [0.1, 0.15) is 11.4 Å². The van der Waals surface area contributed by atoms with Crippen molar-refractivity contribution in [1.82, 2.24) is 14.9 Å². The highest BCUT2D eigenvalue weighted by molar-refractivity contribution is 5.98. The Balaban J connectivity index is 1.64. The number of nitrogens with zero attached hydrogens (tertiary/aromatic N) is 5. The van der Waals surface area contributed by atoms with Crippen molar-refractivity contribution in [3.63, 3.8) is 0 Å². The van der Waals surface area contributed by atoms with Crippen molar-refractivity contribution in [3.8, 4) is 11.4 Å². The van der Waals surface area contributed by atoms with Crippen LogP contribution in [0.5, 0.6) is 0 Å². The summed E-state index contributed by atoms with van der Waals surface area (Å²) in [5, 5.41) is 0. The molecule has 0 unspecified atom stereocenters. The van der Waals surface area contributed by atoms with Gasteiger partial charge >= 0.3 is 0 Å². The highest BCUT2D eigenvalue weighted by Crippen LogP contribution is 2.27. The molecule has 0 bridgehead atoms. The van der Waals surface area contributed by atoms with E-state index >= 15 is 0 Å². The highest BCUT2D eigenvalue weighted by atomic mass is 16.2. The predicted molar refractivity (Wildman–Crippen MR) is 126 cm³/mol. The number of anilines is 2. The summed E-state index contributed by atoms with van der Waals surface area (Å²) in [5.74, 6) is 1.33. The summed E-state index contributed by atoms with van der Waals surface area (Å²) < 4.78 is 0. The van der Waals surface area contributed by atoms with Gasteiger partial charge in [-0.05, 0) is 25.5 Å². The zero-order valence-corrected chi connectivity index (χ0v) is 18.5. The molecule has 160 valence electrons. The van der Waals surface area contributed by atoms with Crippen LogP contribution in [0.1, 0.15) is 22.8 Å². The summed E-state index contributed by atoms with van der Waals surface area (Å²) >= 11 is 0. The fourth-order valence-electron chi connectivity index (χ4n) is 3.92. The van der Waals surface area contributed by atoms with Gasteiger partial charge < -0.3 is 14.7 Å². The third-order valence-electron chi connectivity index (χ3n) is 5.89. The fraction of sp³-hybridized carbons (Fsp3) is 0.320. The maximum Gasteiger partial charge on any atom is 0.258 e. The second kappa shape index (κ2) is 9.16. The van der Waals surface area contributed by atoms with Crippen molar-refractivity contribution >= 4 is 17.4 Å². The number of carbonyl (C=O) groups is 1. The summed E-state index contributed by atoms with van der Waals surface area (Å²) in [4.78, 5) is 28.7. The second-order valence-electron chi connectivity index (χ2n) is 7.88. The first-order chi connectivity index (χ1) is 15.1. The van der Waals surface area contributed by atoms with Crippen molar-refractivity contribution < 1.29 is 4.79 Å². The van der Waals surface area contributed by atoms with Crippen molar-refractivity contribution in [2.24, 2.45) is 0 Å². The largest absolute Gasteiger partial charge is 0.368 e. The minimum atomic E-state index is -0.0431. The van der Waals surface area contributed by atoms with Crippen LogP contribution in [-0.2, 0) is 0 Å². The molecule has 1 aliphatic rings. The molecule has 31 heavy (non-hydrogen) atoms. The molecule has 1 aliphatic heterocycles. The SMILES string of the molecule is CCN(C)C(=O)c1cnc(-c2ccccc2)nc1N1CCN(c2ccccc2C)CC1. The maximum atomic E-state index is 13.0. The third-order valence-corrected chi connectivity index (χ3v) is 5.89. The zero-order valence-electron chi connectivity index (χ0n) is 18.5. The molecule has 1 amide bonds. The number of piperazine rings is 1. The first-order valence-electron chi connectivity index (χ1n) is 10.8. The number of amides is 1. The normalized spacial score (nSPS) is 13.9. The summed E-state index contributed by atoms with van der Waals surface area (Å²) in [6.07, 6.45) is 1.69. The molecule has 0 spiro atoms. The minimum Gasteiger partial charge on any atom is -0.368 e. The third kappa shape index (κ3) is 4.38. The predicted octanol–water partition coefficient (Wildman–Crippen LogP) is 3.87. The summed E-state index contributed by atoms with van der Waals surface area (Å²) in [5.41, 5.74) is 4.07. The second-order valence-corrected chi connectivity index (χ2v) is 7.88. The van der Waals surface area contributed by atoms with E-state index in [0.717, 1.165) is 37.6 Å². The Kier molecular flexibility index (Phi) is 6.16. The Morgan fingerprint density at radius 2 is 1.61 bits per heavy atom. The minimum absolute atomic E-state index is 0.0431. The quantitative estimate of drug-likeness (QED) is 0.633. The van der Waals surface area contributed by atoms with Crippen LogP contribution in [0.4, 0.5) is 11.5 Å². The van der Waals surface area contributed by atoms with Gasteiger partial charge in [-0.3, -0.25) is 4.79 Å². The Hall–Kier alpha value is -3.41. The smallest absolute Gasteiger partial charge is 0.258 e. The van der Waals surface area contributed by atoms with E-state index in [-0.39, 0.29) is 5.91 Å². The van der Waals surface area contributed by atoms with Crippen molar-refractivity contribution in [1.29, 1.82) is 0 Å². The van der Waals surface area contributed by atoms with Gasteiger partial charge in [0.2, 0.25) is 0 Å². The molecule has 2 aromatic carbocycles. The van der Waals surface area contributed by atoms with E-state index in [1.807, 2.05) is 44.3 Å². The van der Waals surface area contributed by atoms with E-state index in [9.17, 15) is 4.79 Å².